The number of carbonyl (C=O) groups is 1. The molecule has 132 valence electrons. The maximum Gasteiger partial charge on any atom is 0.338 e. The molecule has 2 rings (SSSR count). The highest BCUT2D eigenvalue weighted by Gasteiger charge is 2.22. The van der Waals surface area contributed by atoms with Crippen LogP contribution in [0, 0.1) is 10.1 Å². The van der Waals surface area contributed by atoms with Crippen molar-refractivity contribution >= 4 is 11.7 Å². The number of nitrogens with zero attached hydrogens (tertiary/aromatic N) is 2. The minimum absolute atomic E-state index is 0.0688. The third-order valence-electron chi connectivity index (χ3n) is 4.06. The topological polar surface area (TPSA) is 72.7 Å². The van der Waals surface area contributed by atoms with E-state index in [1.165, 1.54) is 31.4 Å². The summed E-state index contributed by atoms with van der Waals surface area (Å²) in [6.45, 7) is 8.26. The number of rotatable bonds is 5. The summed E-state index contributed by atoms with van der Waals surface area (Å²) in [6.07, 6.45) is 4.18. The van der Waals surface area contributed by atoms with Gasteiger partial charge in [-0.05, 0) is 65.3 Å². The molecule has 0 amide bonds. The van der Waals surface area contributed by atoms with E-state index in [0.717, 1.165) is 19.6 Å². The fourth-order valence-corrected chi connectivity index (χ4v) is 2.89. The Kier molecular flexibility index (Phi) is 5.94. The van der Waals surface area contributed by atoms with Crippen molar-refractivity contribution in [2.24, 2.45) is 0 Å². The molecule has 6 nitrogen and oxygen atoms in total. The van der Waals surface area contributed by atoms with Gasteiger partial charge in [0.1, 0.15) is 5.60 Å². The molecule has 1 heterocycles. The molecule has 1 aliphatic heterocycles. The second kappa shape index (κ2) is 7.75. The number of benzene rings is 1. The first-order valence-electron chi connectivity index (χ1n) is 8.49. The van der Waals surface area contributed by atoms with E-state index in [9.17, 15) is 14.9 Å². The van der Waals surface area contributed by atoms with Crippen LogP contribution in [0.2, 0.25) is 0 Å². The number of ether oxygens (including phenoxy) is 1. The van der Waals surface area contributed by atoms with E-state index in [0.29, 0.717) is 17.5 Å². The molecule has 1 aliphatic rings. The van der Waals surface area contributed by atoms with Gasteiger partial charge in [0.2, 0.25) is 0 Å². The van der Waals surface area contributed by atoms with Crippen LogP contribution in [-0.4, -0.2) is 41.0 Å². The van der Waals surface area contributed by atoms with Gasteiger partial charge in [0, 0.05) is 18.2 Å². The lowest BCUT2D eigenvalue weighted by molar-refractivity contribution is -0.385. The highest BCUT2D eigenvalue weighted by molar-refractivity contribution is 5.90. The lowest BCUT2D eigenvalue weighted by Crippen LogP contribution is -2.31. The first kappa shape index (κ1) is 18.4. The summed E-state index contributed by atoms with van der Waals surface area (Å²) >= 11 is 0. The Labute approximate surface area is 142 Å². The number of carbonyl (C=O) groups excluding carboxylic acids is 1. The summed E-state index contributed by atoms with van der Waals surface area (Å²) in [6, 6.07) is 4.48. The van der Waals surface area contributed by atoms with Gasteiger partial charge < -0.3 is 9.64 Å². The number of nitro benzene ring substituents is 1. The van der Waals surface area contributed by atoms with E-state index in [4.69, 9.17) is 4.74 Å². The summed E-state index contributed by atoms with van der Waals surface area (Å²) in [5.41, 5.74) is 0.435. The zero-order valence-electron chi connectivity index (χ0n) is 14.7. The smallest absolute Gasteiger partial charge is 0.338 e. The Morgan fingerprint density at radius 3 is 2.50 bits per heavy atom. The van der Waals surface area contributed by atoms with Gasteiger partial charge in [-0.15, -0.1) is 0 Å². The van der Waals surface area contributed by atoms with Crippen LogP contribution >= 0.6 is 0 Å². The van der Waals surface area contributed by atoms with E-state index < -0.39 is 11.6 Å². The van der Waals surface area contributed by atoms with Crippen molar-refractivity contribution in [3.63, 3.8) is 0 Å². The molecule has 6 heteroatoms. The quantitative estimate of drug-likeness (QED) is 0.467. The molecular formula is C18H26N2O4. The van der Waals surface area contributed by atoms with Crippen LogP contribution in [0.15, 0.2) is 18.2 Å². The Morgan fingerprint density at radius 2 is 1.92 bits per heavy atom. The van der Waals surface area contributed by atoms with Crippen molar-refractivity contribution in [1.29, 1.82) is 0 Å². The monoisotopic (exact) mass is 334 g/mol. The molecule has 0 bridgehead atoms. The molecule has 0 unspecified atom stereocenters. The summed E-state index contributed by atoms with van der Waals surface area (Å²) in [7, 11) is 0. The van der Waals surface area contributed by atoms with Crippen LogP contribution in [0.25, 0.3) is 0 Å². The zero-order valence-corrected chi connectivity index (χ0v) is 14.7. The molecule has 0 spiro atoms. The van der Waals surface area contributed by atoms with Crippen LogP contribution in [0.4, 0.5) is 5.69 Å². The third kappa shape index (κ3) is 5.30. The van der Waals surface area contributed by atoms with Crippen LogP contribution < -0.4 is 0 Å². The number of hydrogen-bond donors (Lipinski definition) is 0. The van der Waals surface area contributed by atoms with Crippen molar-refractivity contribution in [2.45, 2.75) is 52.1 Å². The highest BCUT2D eigenvalue weighted by Crippen LogP contribution is 2.23. The van der Waals surface area contributed by atoms with Crippen molar-refractivity contribution in [1.82, 2.24) is 4.90 Å². The maximum atomic E-state index is 12.2. The molecule has 0 saturated carbocycles. The lowest BCUT2D eigenvalue weighted by atomic mass is 10.0. The van der Waals surface area contributed by atoms with Crippen molar-refractivity contribution in [2.75, 3.05) is 19.6 Å². The molecule has 24 heavy (non-hydrogen) atoms. The van der Waals surface area contributed by atoms with Crippen LogP contribution in [0.1, 0.15) is 56.0 Å². The SMILES string of the molecule is CC(C)(C)OC(=O)c1ccc([N+](=O)[O-])c(CCN2CCCCC2)c1. The predicted octanol–water partition coefficient (Wildman–Crippen LogP) is 3.58. The van der Waals surface area contributed by atoms with Gasteiger partial charge in [0.15, 0.2) is 0 Å². The Hall–Kier alpha value is -1.95. The van der Waals surface area contributed by atoms with Gasteiger partial charge in [-0.3, -0.25) is 10.1 Å². The minimum atomic E-state index is -0.590. The Bertz CT molecular complexity index is 602. The molecule has 0 radical (unpaired) electrons. The fraction of sp³-hybridized carbons (Fsp3) is 0.611. The Balaban J connectivity index is 2.14. The summed E-state index contributed by atoms with van der Waals surface area (Å²) < 4.78 is 5.35. The second-order valence-electron chi connectivity index (χ2n) is 7.25. The van der Waals surface area contributed by atoms with Crippen molar-refractivity contribution in [3.8, 4) is 0 Å². The van der Waals surface area contributed by atoms with Crippen LogP contribution in [0.3, 0.4) is 0 Å². The van der Waals surface area contributed by atoms with Gasteiger partial charge in [0.25, 0.3) is 5.69 Å². The summed E-state index contributed by atoms with van der Waals surface area (Å²) in [4.78, 5) is 25.4. The molecule has 1 aromatic rings. The number of esters is 1. The van der Waals surface area contributed by atoms with Gasteiger partial charge >= 0.3 is 5.97 Å². The third-order valence-corrected chi connectivity index (χ3v) is 4.06. The molecule has 0 atom stereocenters. The summed E-state index contributed by atoms with van der Waals surface area (Å²) in [5.74, 6) is -0.448. The number of hydrogen-bond acceptors (Lipinski definition) is 5. The molecular weight excluding hydrogens is 308 g/mol. The van der Waals surface area contributed by atoms with Gasteiger partial charge in [-0.2, -0.15) is 0 Å². The maximum absolute atomic E-state index is 12.2. The standard InChI is InChI=1S/C18H26N2O4/c1-18(2,3)24-17(21)15-7-8-16(20(22)23)14(13-15)9-12-19-10-5-4-6-11-19/h7-8,13H,4-6,9-12H2,1-3H3. The highest BCUT2D eigenvalue weighted by atomic mass is 16.6. The zero-order chi connectivity index (χ0) is 17.7. The molecule has 1 fully saturated rings. The molecule has 1 aromatic carbocycles. The van der Waals surface area contributed by atoms with E-state index in [2.05, 4.69) is 4.90 Å². The lowest BCUT2D eigenvalue weighted by Gasteiger charge is -2.26. The second-order valence-corrected chi connectivity index (χ2v) is 7.25. The van der Waals surface area contributed by atoms with Crippen molar-refractivity contribution < 1.29 is 14.5 Å². The average Bonchev–Trinajstić information content (AvgIpc) is 2.52. The molecule has 1 saturated heterocycles. The number of piperidine rings is 1. The van der Waals surface area contributed by atoms with Crippen molar-refractivity contribution in [3.05, 3.63) is 39.4 Å². The normalized spacial score (nSPS) is 16.0. The first-order chi connectivity index (χ1) is 11.3. The van der Waals surface area contributed by atoms with E-state index in [1.807, 2.05) is 0 Å². The van der Waals surface area contributed by atoms with E-state index >= 15 is 0 Å². The van der Waals surface area contributed by atoms with E-state index in [-0.39, 0.29) is 10.6 Å². The number of likely N-dealkylation sites (tertiary alicyclic amines) is 1. The van der Waals surface area contributed by atoms with Crippen LogP contribution in [0.5, 0.6) is 0 Å². The van der Waals surface area contributed by atoms with E-state index in [1.54, 1.807) is 26.8 Å². The minimum Gasteiger partial charge on any atom is -0.456 e. The first-order valence-corrected chi connectivity index (χ1v) is 8.49. The van der Waals surface area contributed by atoms with Gasteiger partial charge in [-0.25, -0.2) is 4.79 Å². The molecule has 0 aromatic heterocycles. The van der Waals surface area contributed by atoms with Crippen LogP contribution in [-0.2, 0) is 11.2 Å². The van der Waals surface area contributed by atoms with Gasteiger partial charge in [-0.1, -0.05) is 6.42 Å². The van der Waals surface area contributed by atoms with Gasteiger partial charge in [0.05, 0.1) is 10.5 Å². The summed E-state index contributed by atoms with van der Waals surface area (Å²) in [5, 5.41) is 11.3. The molecule has 0 N–H and O–H groups in total. The largest absolute Gasteiger partial charge is 0.456 e. The fourth-order valence-electron chi connectivity index (χ4n) is 2.89. The number of nitro groups is 1. The predicted molar refractivity (Wildman–Crippen MR) is 92.3 cm³/mol. The average molecular weight is 334 g/mol. The Morgan fingerprint density at radius 1 is 1.25 bits per heavy atom. The molecule has 0 aliphatic carbocycles.